The van der Waals surface area contributed by atoms with Gasteiger partial charge in [-0.15, -0.1) is 0 Å². The van der Waals surface area contributed by atoms with E-state index in [0.717, 1.165) is 11.1 Å². The summed E-state index contributed by atoms with van der Waals surface area (Å²) in [5.41, 5.74) is 7.24. The van der Waals surface area contributed by atoms with E-state index in [1.165, 1.54) is 0 Å². The van der Waals surface area contributed by atoms with Crippen molar-refractivity contribution in [3.8, 4) is 0 Å². The van der Waals surface area contributed by atoms with Crippen molar-refractivity contribution < 1.29 is 5.11 Å². The first-order chi connectivity index (χ1) is 8.12. The third kappa shape index (κ3) is 2.38. The Balaban J connectivity index is 2.33. The molecule has 0 amide bonds. The summed E-state index contributed by atoms with van der Waals surface area (Å²) < 4.78 is 0. The van der Waals surface area contributed by atoms with Crippen LogP contribution in [0, 0.1) is 0 Å². The van der Waals surface area contributed by atoms with Gasteiger partial charge in [0, 0.05) is 0 Å². The van der Waals surface area contributed by atoms with Crippen molar-refractivity contribution in [2.45, 2.75) is 18.6 Å². The van der Waals surface area contributed by atoms with Crippen LogP contribution in [0.3, 0.4) is 0 Å². The SMILES string of the molecule is C[C@@](N)(c1ccccc1)[C@H](O)c1ccccc1. The van der Waals surface area contributed by atoms with Crippen LogP contribution in [0.15, 0.2) is 60.7 Å². The van der Waals surface area contributed by atoms with Gasteiger partial charge >= 0.3 is 0 Å². The number of hydrogen-bond donors (Lipinski definition) is 2. The molecule has 0 fully saturated rings. The van der Waals surface area contributed by atoms with Crippen LogP contribution in [-0.4, -0.2) is 5.11 Å². The molecule has 2 heteroatoms. The highest BCUT2D eigenvalue weighted by atomic mass is 16.3. The van der Waals surface area contributed by atoms with Crippen LogP contribution >= 0.6 is 0 Å². The van der Waals surface area contributed by atoms with Gasteiger partial charge < -0.3 is 10.8 Å². The molecule has 0 saturated carbocycles. The minimum atomic E-state index is -0.789. The van der Waals surface area contributed by atoms with Gasteiger partial charge in [-0.3, -0.25) is 0 Å². The molecule has 0 unspecified atom stereocenters. The summed E-state index contributed by atoms with van der Waals surface area (Å²) in [6.07, 6.45) is -0.717. The maximum Gasteiger partial charge on any atom is 0.101 e. The lowest BCUT2D eigenvalue weighted by atomic mass is 9.84. The molecule has 0 aliphatic heterocycles. The monoisotopic (exact) mass is 227 g/mol. The van der Waals surface area contributed by atoms with E-state index in [-0.39, 0.29) is 0 Å². The minimum absolute atomic E-state index is 0.717. The standard InChI is InChI=1S/C15H17NO/c1-15(16,13-10-6-3-7-11-13)14(17)12-8-4-2-5-9-12/h2-11,14,17H,16H2,1H3/t14-,15-/m1/s1. The molecule has 0 aliphatic carbocycles. The fourth-order valence-corrected chi connectivity index (χ4v) is 1.94. The van der Waals surface area contributed by atoms with Crippen molar-refractivity contribution in [2.24, 2.45) is 5.73 Å². The minimum Gasteiger partial charge on any atom is -0.386 e. The predicted octanol–water partition coefficient (Wildman–Crippen LogP) is 2.59. The molecule has 0 aliphatic rings. The summed E-state index contributed by atoms with van der Waals surface area (Å²) in [4.78, 5) is 0. The smallest absolute Gasteiger partial charge is 0.101 e. The first-order valence-electron chi connectivity index (χ1n) is 5.70. The number of rotatable bonds is 3. The Labute approximate surface area is 102 Å². The third-order valence-electron chi connectivity index (χ3n) is 3.08. The number of aliphatic hydroxyl groups excluding tert-OH is 1. The summed E-state index contributed by atoms with van der Waals surface area (Å²) in [5.74, 6) is 0. The Morgan fingerprint density at radius 3 is 1.94 bits per heavy atom. The zero-order valence-electron chi connectivity index (χ0n) is 9.88. The highest BCUT2D eigenvalue weighted by Gasteiger charge is 2.31. The molecule has 0 radical (unpaired) electrons. The van der Waals surface area contributed by atoms with E-state index in [1.807, 2.05) is 67.6 Å². The Bertz CT molecular complexity index is 465. The van der Waals surface area contributed by atoms with Crippen molar-refractivity contribution in [1.82, 2.24) is 0 Å². The number of benzene rings is 2. The van der Waals surface area contributed by atoms with Crippen LogP contribution in [-0.2, 0) is 5.54 Å². The molecule has 0 spiro atoms. The summed E-state index contributed by atoms with van der Waals surface area (Å²) in [5, 5.41) is 10.4. The third-order valence-corrected chi connectivity index (χ3v) is 3.08. The van der Waals surface area contributed by atoms with Gasteiger partial charge in [0.05, 0.1) is 5.54 Å². The molecule has 17 heavy (non-hydrogen) atoms. The van der Waals surface area contributed by atoms with Crippen LogP contribution in [0.2, 0.25) is 0 Å². The second-order valence-electron chi connectivity index (χ2n) is 4.46. The van der Waals surface area contributed by atoms with Gasteiger partial charge in [-0.2, -0.15) is 0 Å². The first kappa shape index (κ1) is 11.8. The molecule has 2 aromatic rings. The van der Waals surface area contributed by atoms with Crippen molar-refractivity contribution in [1.29, 1.82) is 0 Å². The van der Waals surface area contributed by atoms with Crippen molar-refractivity contribution in [2.75, 3.05) is 0 Å². The Morgan fingerprint density at radius 1 is 0.941 bits per heavy atom. The normalized spacial score (nSPS) is 16.2. The quantitative estimate of drug-likeness (QED) is 0.846. The zero-order valence-corrected chi connectivity index (χ0v) is 9.88. The second-order valence-corrected chi connectivity index (χ2v) is 4.46. The molecule has 0 aromatic heterocycles. The van der Waals surface area contributed by atoms with Gasteiger partial charge in [0.25, 0.3) is 0 Å². The van der Waals surface area contributed by atoms with Crippen LogP contribution in [0.25, 0.3) is 0 Å². The fourth-order valence-electron chi connectivity index (χ4n) is 1.94. The summed E-state index contributed by atoms with van der Waals surface area (Å²) in [6.45, 7) is 1.85. The molecule has 2 nitrogen and oxygen atoms in total. The van der Waals surface area contributed by atoms with Gasteiger partial charge in [-0.05, 0) is 18.1 Å². The molecule has 2 rings (SSSR count). The largest absolute Gasteiger partial charge is 0.386 e. The highest BCUT2D eigenvalue weighted by Crippen LogP contribution is 2.32. The van der Waals surface area contributed by atoms with Crippen LogP contribution in [0.4, 0.5) is 0 Å². The summed E-state index contributed by atoms with van der Waals surface area (Å²) >= 11 is 0. The van der Waals surface area contributed by atoms with Crippen LogP contribution in [0.1, 0.15) is 24.2 Å². The number of aliphatic hydroxyl groups is 1. The van der Waals surface area contributed by atoms with Gasteiger partial charge in [-0.1, -0.05) is 60.7 Å². The predicted molar refractivity (Wildman–Crippen MR) is 69.4 cm³/mol. The first-order valence-corrected chi connectivity index (χ1v) is 5.70. The van der Waals surface area contributed by atoms with Crippen LogP contribution in [0.5, 0.6) is 0 Å². The van der Waals surface area contributed by atoms with E-state index in [0.29, 0.717) is 0 Å². The highest BCUT2D eigenvalue weighted by molar-refractivity contribution is 5.29. The lowest BCUT2D eigenvalue weighted by Gasteiger charge is -2.31. The summed E-state index contributed by atoms with van der Waals surface area (Å²) in [7, 11) is 0. The molecule has 0 saturated heterocycles. The second kappa shape index (κ2) is 4.70. The lowest BCUT2D eigenvalue weighted by molar-refractivity contribution is 0.0932. The van der Waals surface area contributed by atoms with Crippen molar-refractivity contribution >= 4 is 0 Å². The average molecular weight is 227 g/mol. The van der Waals surface area contributed by atoms with E-state index in [4.69, 9.17) is 5.73 Å². The van der Waals surface area contributed by atoms with E-state index in [9.17, 15) is 5.11 Å². The van der Waals surface area contributed by atoms with E-state index >= 15 is 0 Å². The summed E-state index contributed by atoms with van der Waals surface area (Å²) in [6, 6.07) is 19.2. The van der Waals surface area contributed by atoms with E-state index in [2.05, 4.69) is 0 Å². The molecule has 0 bridgehead atoms. The number of nitrogens with two attached hydrogens (primary N) is 1. The lowest BCUT2D eigenvalue weighted by Crippen LogP contribution is -2.39. The average Bonchev–Trinajstić information content (AvgIpc) is 2.40. The Hall–Kier alpha value is -1.64. The maximum atomic E-state index is 10.4. The topological polar surface area (TPSA) is 46.2 Å². The van der Waals surface area contributed by atoms with Crippen molar-refractivity contribution in [3.63, 3.8) is 0 Å². The zero-order chi connectivity index (χ0) is 12.3. The molecular formula is C15H17NO. The molecule has 0 heterocycles. The Kier molecular flexibility index (Phi) is 3.27. The number of hydrogen-bond acceptors (Lipinski definition) is 2. The van der Waals surface area contributed by atoms with Gasteiger partial charge in [0.15, 0.2) is 0 Å². The van der Waals surface area contributed by atoms with Gasteiger partial charge in [0.2, 0.25) is 0 Å². The van der Waals surface area contributed by atoms with Crippen molar-refractivity contribution in [3.05, 3.63) is 71.8 Å². The van der Waals surface area contributed by atoms with E-state index in [1.54, 1.807) is 0 Å². The fraction of sp³-hybridized carbons (Fsp3) is 0.200. The molecule has 2 atom stereocenters. The van der Waals surface area contributed by atoms with Gasteiger partial charge in [-0.25, -0.2) is 0 Å². The van der Waals surface area contributed by atoms with Gasteiger partial charge in [0.1, 0.15) is 6.10 Å². The molecule has 88 valence electrons. The molecule has 3 N–H and O–H groups in total. The van der Waals surface area contributed by atoms with Crippen LogP contribution < -0.4 is 5.73 Å². The Morgan fingerprint density at radius 2 is 1.41 bits per heavy atom. The molecule has 2 aromatic carbocycles. The maximum absolute atomic E-state index is 10.4. The van der Waals surface area contributed by atoms with E-state index < -0.39 is 11.6 Å². The molecular weight excluding hydrogens is 210 g/mol.